The first-order valence-electron chi connectivity index (χ1n) is 4.63. The predicted molar refractivity (Wildman–Crippen MR) is 69.5 cm³/mol. The summed E-state index contributed by atoms with van der Waals surface area (Å²) in [6.45, 7) is 6.24. The van der Waals surface area contributed by atoms with Crippen LogP contribution in [0.4, 0.5) is 5.69 Å². The number of nitrogen functional groups attached to an aromatic ring is 1. The molecule has 0 bridgehead atoms. The van der Waals surface area contributed by atoms with Gasteiger partial charge in [0.2, 0.25) is 0 Å². The molecule has 1 aromatic carbocycles. The minimum atomic E-state index is -0.0961. The normalized spacial score (nSPS) is 13.1. The van der Waals surface area contributed by atoms with Crippen molar-refractivity contribution < 1.29 is 0 Å². The van der Waals surface area contributed by atoms with Gasteiger partial charge in [-0.15, -0.1) is 12.4 Å². The summed E-state index contributed by atoms with van der Waals surface area (Å²) >= 11 is 5.90. The average molecular weight is 249 g/mol. The third kappa shape index (κ3) is 3.56. The Morgan fingerprint density at radius 1 is 1.27 bits per heavy atom. The highest BCUT2D eigenvalue weighted by molar-refractivity contribution is 6.30. The van der Waals surface area contributed by atoms with E-state index in [0.29, 0.717) is 10.7 Å². The van der Waals surface area contributed by atoms with E-state index in [1.165, 1.54) is 0 Å². The van der Waals surface area contributed by atoms with Crippen molar-refractivity contribution in [3.8, 4) is 0 Å². The smallest absolute Gasteiger partial charge is 0.0410 e. The second kappa shape index (κ2) is 5.06. The van der Waals surface area contributed by atoms with Crippen LogP contribution in [0.2, 0.25) is 5.02 Å². The first-order valence-corrected chi connectivity index (χ1v) is 5.00. The summed E-state index contributed by atoms with van der Waals surface area (Å²) in [6.07, 6.45) is 0. The highest BCUT2D eigenvalue weighted by atomic mass is 35.5. The van der Waals surface area contributed by atoms with Gasteiger partial charge in [0.25, 0.3) is 0 Å². The monoisotopic (exact) mass is 248 g/mol. The molecule has 0 aliphatic rings. The Labute approximate surface area is 102 Å². The summed E-state index contributed by atoms with van der Waals surface area (Å²) in [5.41, 5.74) is 13.6. The number of halogens is 2. The first-order chi connectivity index (χ1) is 6.32. The van der Waals surface area contributed by atoms with Gasteiger partial charge in [0.05, 0.1) is 0 Å². The van der Waals surface area contributed by atoms with Crippen molar-refractivity contribution in [2.24, 2.45) is 11.1 Å². The SMILES string of the molecule is CC(C)(C)[C@@H](N)c1cc(Cl)ccc1N.Cl. The molecule has 0 saturated carbocycles. The number of anilines is 1. The van der Waals surface area contributed by atoms with Gasteiger partial charge < -0.3 is 11.5 Å². The lowest BCUT2D eigenvalue weighted by Crippen LogP contribution is -2.27. The van der Waals surface area contributed by atoms with E-state index in [1.54, 1.807) is 12.1 Å². The van der Waals surface area contributed by atoms with E-state index in [0.717, 1.165) is 5.56 Å². The van der Waals surface area contributed by atoms with E-state index >= 15 is 0 Å². The Hall–Kier alpha value is -0.440. The van der Waals surface area contributed by atoms with Crippen molar-refractivity contribution >= 4 is 29.7 Å². The largest absolute Gasteiger partial charge is 0.398 e. The van der Waals surface area contributed by atoms with Gasteiger partial charge in [-0.1, -0.05) is 32.4 Å². The van der Waals surface area contributed by atoms with E-state index in [9.17, 15) is 0 Å². The van der Waals surface area contributed by atoms with Crippen LogP contribution in [0.5, 0.6) is 0 Å². The van der Waals surface area contributed by atoms with Crippen molar-refractivity contribution in [2.45, 2.75) is 26.8 Å². The highest BCUT2D eigenvalue weighted by Crippen LogP contribution is 2.34. The van der Waals surface area contributed by atoms with Gasteiger partial charge in [0.15, 0.2) is 0 Å². The summed E-state index contributed by atoms with van der Waals surface area (Å²) in [5, 5.41) is 0.675. The second-order valence-electron chi connectivity index (χ2n) is 4.62. The number of nitrogens with two attached hydrogens (primary N) is 2. The fraction of sp³-hybridized carbons (Fsp3) is 0.455. The van der Waals surface area contributed by atoms with Gasteiger partial charge in [0, 0.05) is 16.8 Å². The van der Waals surface area contributed by atoms with Gasteiger partial charge in [-0.25, -0.2) is 0 Å². The minimum Gasteiger partial charge on any atom is -0.398 e. The molecule has 4 heteroatoms. The molecule has 0 heterocycles. The van der Waals surface area contributed by atoms with Gasteiger partial charge in [0.1, 0.15) is 0 Å². The molecule has 0 saturated heterocycles. The maximum Gasteiger partial charge on any atom is 0.0410 e. The van der Waals surface area contributed by atoms with E-state index in [4.69, 9.17) is 23.1 Å². The van der Waals surface area contributed by atoms with Crippen LogP contribution < -0.4 is 11.5 Å². The molecule has 15 heavy (non-hydrogen) atoms. The van der Waals surface area contributed by atoms with E-state index in [-0.39, 0.29) is 23.9 Å². The molecule has 2 nitrogen and oxygen atoms in total. The van der Waals surface area contributed by atoms with Crippen molar-refractivity contribution in [1.82, 2.24) is 0 Å². The molecule has 4 N–H and O–H groups in total. The quantitative estimate of drug-likeness (QED) is 0.749. The topological polar surface area (TPSA) is 52.0 Å². The molecule has 0 spiro atoms. The number of benzene rings is 1. The Balaban J connectivity index is 0.00000196. The molecule has 0 radical (unpaired) electrons. The maximum atomic E-state index is 6.10. The first kappa shape index (κ1) is 14.6. The van der Waals surface area contributed by atoms with E-state index in [2.05, 4.69) is 20.8 Å². The van der Waals surface area contributed by atoms with Crippen LogP contribution in [0.1, 0.15) is 32.4 Å². The summed E-state index contributed by atoms with van der Waals surface area (Å²) in [4.78, 5) is 0. The zero-order valence-electron chi connectivity index (χ0n) is 9.25. The second-order valence-corrected chi connectivity index (χ2v) is 5.05. The van der Waals surface area contributed by atoms with Crippen LogP contribution >= 0.6 is 24.0 Å². The number of hydrogen-bond donors (Lipinski definition) is 2. The Morgan fingerprint density at radius 2 is 1.80 bits per heavy atom. The molecule has 0 aliphatic carbocycles. The third-order valence-electron chi connectivity index (χ3n) is 2.32. The van der Waals surface area contributed by atoms with Gasteiger partial charge in [-0.05, 0) is 29.2 Å². The molecule has 1 atom stereocenters. The maximum absolute atomic E-state index is 6.10. The fourth-order valence-corrected chi connectivity index (χ4v) is 1.46. The zero-order valence-corrected chi connectivity index (χ0v) is 10.8. The average Bonchev–Trinajstić information content (AvgIpc) is 2.06. The van der Waals surface area contributed by atoms with E-state index < -0.39 is 0 Å². The number of hydrogen-bond acceptors (Lipinski definition) is 2. The molecule has 0 fully saturated rings. The summed E-state index contributed by atoms with van der Waals surface area (Å²) in [7, 11) is 0. The lowest BCUT2D eigenvalue weighted by Gasteiger charge is -2.28. The standard InChI is InChI=1S/C11H17ClN2.ClH/c1-11(2,3)10(14)8-6-7(12)4-5-9(8)13;/h4-6,10H,13-14H2,1-3H3;1H/t10-;/m0./s1. The molecule has 1 rings (SSSR count). The molecule has 0 unspecified atom stereocenters. The molecular formula is C11H18Cl2N2. The number of rotatable bonds is 1. The summed E-state index contributed by atoms with van der Waals surface area (Å²) < 4.78 is 0. The van der Waals surface area contributed by atoms with Crippen LogP contribution in [0.25, 0.3) is 0 Å². The van der Waals surface area contributed by atoms with Crippen molar-refractivity contribution in [2.75, 3.05) is 5.73 Å². The minimum absolute atomic E-state index is 0. The molecule has 0 aromatic heterocycles. The van der Waals surface area contributed by atoms with Crippen LogP contribution in [-0.4, -0.2) is 0 Å². The molecule has 0 amide bonds. The lowest BCUT2D eigenvalue weighted by atomic mass is 9.82. The van der Waals surface area contributed by atoms with Crippen molar-refractivity contribution in [1.29, 1.82) is 0 Å². The summed E-state index contributed by atoms with van der Waals surface area (Å²) in [6, 6.07) is 5.31. The van der Waals surface area contributed by atoms with Crippen molar-refractivity contribution in [3.05, 3.63) is 28.8 Å². The Bertz CT molecular complexity index is 332. The van der Waals surface area contributed by atoms with Gasteiger partial charge in [-0.3, -0.25) is 0 Å². The van der Waals surface area contributed by atoms with Crippen LogP contribution in [0.3, 0.4) is 0 Å². The Morgan fingerprint density at radius 3 is 2.27 bits per heavy atom. The third-order valence-corrected chi connectivity index (χ3v) is 2.55. The fourth-order valence-electron chi connectivity index (χ4n) is 1.28. The van der Waals surface area contributed by atoms with Crippen LogP contribution in [0.15, 0.2) is 18.2 Å². The zero-order chi connectivity index (χ0) is 10.9. The van der Waals surface area contributed by atoms with Gasteiger partial charge >= 0.3 is 0 Å². The predicted octanol–water partition coefficient (Wildman–Crippen LogP) is 3.39. The molecule has 86 valence electrons. The highest BCUT2D eigenvalue weighted by Gasteiger charge is 2.23. The lowest BCUT2D eigenvalue weighted by molar-refractivity contribution is 0.328. The van der Waals surface area contributed by atoms with E-state index in [1.807, 2.05) is 6.07 Å². The summed E-state index contributed by atoms with van der Waals surface area (Å²) in [5.74, 6) is 0. The molecule has 0 aliphatic heterocycles. The van der Waals surface area contributed by atoms with Crippen LogP contribution in [-0.2, 0) is 0 Å². The molecular weight excluding hydrogens is 231 g/mol. The van der Waals surface area contributed by atoms with Gasteiger partial charge in [-0.2, -0.15) is 0 Å². The Kier molecular flexibility index (Phi) is 4.91. The van der Waals surface area contributed by atoms with Crippen molar-refractivity contribution in [3.63, 3.8) is 0 Å². The molecule has 1 aromatic rings. The van der Waals surface area contributed by atoms with Crippen LogP contribution in [0, 0.1) is 5.41 Å².